The predicted molar refractivity (Wildman–Crippen MR) is 60.6 cm³/mol. The molecule has 0 spiro atoms. The molecule has 5 heteroatoms. The van der Waals surface area contributed by atoms with Crippen molar-refractivity contribution in [1.82, 2.24) is 0 Å². The van der Waals surface area contributed by atoms with Crippen LogP contribution in [-0.2, 0) is 6.18 Å². The fourth-order valence-corrected chi connectivity index (χ4v) is 2.25. The van der Waals surface area contributed by atoms with Gasteiger partial charge in [0.2, 0.25) is 0 Å². The van der Waals surface area contributed by atoms with E-state index in [1.165, 1.54) is 12.1 Å². The van der Waals surface area contributed by atoms with E-state index in [-0.39, 0.29) is 5.75 Å². The highest BCUT2D eigenvalue weighted by atomic mass is 19.4. The number of halogens is 3. The summed E-state index contributed by atoms with van der Waals surface area (Å²) >= 11 is 0. The number of benzene rings is 1. The molecule has 100 valence electrons. The summed E-state index contributed by atoms with van der Waals surface area (Å²) in [5.74, 6) is -0.261. The average molecular weight is 260 g/mol. The lowest BCUT2D eigenvalue weighted by Crippen LogP contribution is -2.13. The average Bonchev–Trinajstić information content (AvgIpc) is 2.79. The number of alkyl halides is 3. The highest BCUT2D eigenvalue weighted by molar-refractivity contribution is 5.41. The molecule has 0 unspecified atom stereocenters. The molecule has 0 saturated heterocycles. The molecule has 0 atom stereocenters. The summed E-state index contributed by atoms with van der Waals surface area (Å²) in [6, 6.07) is 3.08. The van der Waals surface area contributed by atoms with Crippen molar-refractivity contribution < 1.29 is 23.0 Å². The quantitative estimate of drug-likeness (QED) is 0.890. The van der Waals surface area contributed by atoms with E-state index >= 15 is 0 Å². The van der Waals surface area contributed by atoms with Crippen molar-refractivity contribution in [3.8, 4) is 11.5 Å². The molecule has 1 saturated carbocycles. The first-order chi connectivity index (χ1) is 8.47. The van der Waals surface area contributed by atoms with E-state index < -0.39 is 17.5 Å². The largest absolute Gasteiger partial charge is 0.508 e. The van der Waals surface area contributed by atoms with Gasteiger partial charge in [-0.15, -0.1) is 0 Å². The van der Waals surface area contributed by atoms with E-state index in [0.717, 1.165) is 25.7 Å². The zero-order chi connectivity index (χ0) is 13.2. The Hall–Kier alpha value is -1.39. The molecule has 0 heterocycles. The Morgan fingerprint density at radius 2 is 1.89 bits per heavy atom. The van der Waals surface area contributed by atoms with Crippen LogP contribution in [0.3, 0.4) is 0 Å². The van der Waals surface area contributed by atoms with E-state index in [1.807, 2.05) is 0 Å². The standard InChI is InChI=1S/C13H15F3O2/c14-13(15,16)11-7-10(17)5-6-12(11)18-8-9-3-1-2-4-9/h5-7,9,17H,1-4,8H2. The van der Waals surface area contributed by atoms with Crippen LogP contribution in [0.5, 0.6) is 11.5 Å². The van der Waals surface area contributed by atoms with Crippen molar-refractivity contribution in [3.05, 3.63) is 23.8 Å². The number of hydrogen-bond donors (Lipinski definition) is 1. The molecule has 2 rings (SSSR count). The second-order valence-electron chi connectivity index (χ2n) is 4.64. The molecule has 1 aromatic rings. The molecule has 0 radical (unpaired) electrons. The van der Waals surface area contributed by atoms with Crippen molar-refractivity contribution in [3.63, 3.8) is 0 Å². The fraction of sp³-hybridized carbons (Fsp3) is 0.538. The Morgan fingerprint density at radius 3 is 2.50 bits per heavy atom. The van der Waals surface area contributed by atoms with Crippen LogP contribution in [0, 0.1) is 5.92 Å². The van der Waals surface area contributed by atoms with Gasteiger partial charge in [0.25, 0.3) is 0 Å². The Kier molecular flexibility index (Phi) is 3.68. The highest BCUT2D eigenvalue weighted by Gasteiger charge is 2.35. The molecular weight excluding hydrogens is 245 g/mol. The Labute approximate surface area is 103 Å². The Morgan fingerprint density at radius 1 is 1.22 bits per heavy atom. The Bertz CT molecular complexity index is 409. The van der Waals surface area contributed by atoms with Gasteiger partial charge in [-0.05, 0) is 37.0 Å². The topological polar surface area (TPSA) is 29.5 Å². The fourth-order valence-electron chi connectivity index (χ4n) is 2.25. The lowest BCUT2D eigenvalue weighted by atomic mass is 10.1. The molecule has 1 aliphatic carbocycles. The maximum absolute atomic E-state index is 12.7. The van der Waals surface area contributed by atoms with Gasteiger partial charge in [-0.2, -0.15) is 13.2 Å². The van der Waals surface area contributed by atoms with Gasteiger partial charge >= 0.3 is 6.18 Å². The summed E-state index contributed by atoms with van der Waals surface area (Å²) in [5.41, 5.74) is -0.916. The summed E-state index contributed by atoms with van der Waals surface area (Å²) in [6.45, 7) is 0.313. The normalized spacial score (nSPS) is 17.1. The summed E-state index contributed by atoms with van der Waals surface area (Å²) in [7, 11) is 0. The first-order valence-electron chi connectivity index (χ1n) is 6.00. The van der Waals surface area contributed by atoms with Gasteiger partial charge in [0.1, 0.15) is 17.1 Å². The van der Waals surface area contributed by atoms with E-state index in [9.17, 15) is 13.2 Å². The second-order valence-corrected chi connectivity index (χ2v) is 4.64. The van der Waals surface area contributed by atoms with Crippen molar-refractivity contribution in [2.24, 2.45) is 5.92 Å². The molecule has 0 bridgehead atoms. The van der Waals surface area contributed by atoms with Gasteiger partial charge in [-0.25, -0.2) is 0 Å². The second kappa shape index (κ2) is 5.08. The molecular formula is C13H15F3O2. The summed E-state index contributed by atoms with van der Waals surface area (Å²) in [6.07, 6.45) is -0.242. The number of hydrogen-bond acceptors (Lipinski definition) is 2. The molecule has 2 nitrogen and oxygen atoms in total. The minimum atomic E-state index is -4.51. The number of phenols is 1. The third-order valence-corrected chi connectivity index (χ3v) is 3.22. The van der Waals surface area contributed by atoms with Crippen LogP contribution in [0.25, 0.3) is 0 Å². The third-order valence-electron chi connectivity index (χ3n) is 3.22. The van der Waals surface area contributed by atoms with Crippen LogP contribution in [-0.4, -0.2) is 11.7 Å². The first kappa shape index (κ1) is 13.1. The van der Waals surface area contributed by atoms with Crippen LogP contribution in [0.4, 0.5) is 13.2 Å². The molecule has 1 aliphatic rings. The van der Waals surface area contributed by atoms with Crippen LogP contribution >= 0.6 is 0 Å². The van der Waals surface area contributed by atoms with Gasteiger partial charge in [0.15, 0.2) is 0 Å². The monoisotopic (exact) mass is 260 g/mol. The third kappa shape index (κ3) is 3.09. The summed E-state index contributed by atoms with van der Waals surface area (Å²) in [5, 5.41) is 9.13. The lowest BCUT2D eigenvalue weighted by Gasteiger charge is -2.16. The molecule has 18 heavy (non-hydrogen) atoms. The zero-order valence-corrected chi connectivity index (χ0v) is 9.83. The van der Waals surface area contributed by atoms with Crippen LogP contribution in [0.1, 0.15) is 31.2 Å². The molecule has 0 amide bonds. The first-order valence-corrected chi connectivity index (χ1v) is 6.00. The number of phenolic OH excluding ortho intramolecular Hbond substituents is 1. The van der Waals surface area contributed by atoms with Crippen LogP contribution in [0.2, 0.25) is 0 Å². The van der Waals surface area contributed by atoms with Gasteiger partial charge in [-0.3, -0.25) is 0 Å². The van der Waals surface area contributed by atoms with Gasteiger partial charge in [0.05, 0.1) is 6.61 Å². The van der Waals surface area contributed by atoms with E-state index in [4.69, 9.17) is 9.84 Å². The minimum absolute atomic E-state index is 0.202. The summed E-state index contributed by atoms with van der Waals surface area (Å²) < 4.78 is 43.5. The zero-order valence-electron chi connectivity index (χ0n) is 9.83. The predicted octanol–water partition coefficient (Wildman–Crippen LogP) is 3.98. The maximum atomic E-state index is 12.7. The van der Waals surface area contributed by atoms with Crippen LogP contribution in [0.15, 0.2) is 18.2 Å². The SMILES string of the molecule is Oc1ccc(OCC2CCCC2)c(C(F)(F)F)c1. The van der Waals surface area contributed by atoms with E-state index in [0.29, 0.717) is 18.6 Å². The highest BCUT2D eigenvalue weighted by Crippen LogP contribution is 2.38. The molecule has 1 N–H and O–H groups in total. The van der Waals surface area contributed by atoms with Crippen molar-refractivity contribution in [2.75, 3.05) is 6.61 Å². The maximum Gasteiger partial charge on any atom is 0.420 e. The number of ether oxygens (including phenoxy) is 1. The summed E-state index contributed by atoms with van der Waals surface area (Å²) in [4.78, 5) is 0. The molecule has 1 fully saturated rings. The molecule has 1 aromatic carbocycles. The Balaban J connectivity index is 2.11. The smallest absolute Gasteiger partial charge is 0.420 e. The molecule has 0 aromatic heterocycles. The van der Waals surface area contributed by atoms with E-state index in [2.05, 4.69) is 0 Å². The van der Waals surface area contributed by atoms with Crippen molar-refractivity contribution >= 4 is 0 Å². The van der Waals surface area contributed by atoms with Gasteiger partial charge in [-0.1, -0.05) is 12.8 Å². The lowest BCUT2D eigenvalue weighted by molar-refractivity contribution is -0.139. The number of aromatic hydroxyl groups is 1. The van der Waals surface area contributed by atoms with Gasteiger partial charge < -0.3 is 9.84 Å². The van der Waals surface area contributed by atoms with Crippen molar-refractivity contribution in [2.45, 2.75) is 31.9 Å². The minimum Gasteiger partial charge on any atom is -0.508 e. The van der Waals surface area contributed by atoms with Crippen molar-refractivity contribution in [1.29, 1.82) is 0 Å². The van der Waals surface area contributed by atoms with E-state index in [1.54, 1.807) is 0 Å². The number of rotatable bonds is 3. The molecule has 0 aliphatic heterocycles. The van der Waals surface area contributed by atoms with Gasteiger partial charge in [0, 0.05) is 0 Å². The van der Waals surface area contributed by atoms with Crippen LogP contribution < -0.4 is 4.74 Å².